The van der Waals surface area contributed by atoms with Crippen molar-refractivity contribution >= 4 is 10.1 Å². The van der Waals surface area contributed by atoms with Crippen LogP contribution in [0.1, 0.15) is 109 Å². The van der Waals surface area contributed by atoms with Crippen molar-refractivity contribution in [1.82, 2.24) is 9.78 Å². The summed E-state index contributed by atoms with van der Waals surface area (Å²) in [7, 11) is -4.58. The zero-order valence-electron chi connectivity index (χ0n) is 24.9. The topological polar surface area (TPSA) is 101 Å². The normalized spacial score (nSPS) is 11.4. The quantitative estimate of drug-likeness (QED) is 0.103. The maximum Gasteiger partial charge on any atom is 1.00 e. The maximum absolute atomic E-state index is 12.6. The molecule has 0 unspecified atom stereocenters. The fourth-order valence-corrected chi connectivity index (χ4v) is 5.62. The Morgan fingerprint density at radius 3 is 1.83 bits per heavy atom. The van der Waals surface area contributed by atoms with Gasteiger partial charge in [0.2, 0.25) is 0 Å². The Kier molecular flexibility index (Phi) is 16.2. The van der Waals surface area contributed by atoms with E-state index in [1.165, 1.54) is 100 Å². The number of hydrogen-bond donors (Lipinski definition) is 2. The molecule has 0 fully saturated rings. The molecule has 2 aromatic carbocycles. The number of aryl methyl sites for hydroxylation is 1. The fourth-order valence-electron chi connectivity index (χ4n) is 4.99. The van der Waals surface area contributed by atoms with Crippen LogP contribution in [0.3, 0.4) is 0 Å². The number of rotatable bonds is 20. The minimum atomic E-state index is -4.58. The van der Waals surface area contributed by atoms with E-state index in [1.54, 1.807) is 36.4 Å². The molecule has 1 heterocycles. The van der Waals surface area contributed by atoms with Gasteiger partial charge in [-0.15, -0.1) is 0 Å². The maximum atomic E-state index is 12.6. The van der Waals surface area contributed by atoms with Crippen molar-refractivity contribution in [3.63, 3.8) is 0 Å². The van der Waals surface area contributed by atoms with Crippen molar-refractivity contribution < 1.29 is 36.6 Å². The zero-order chi connectivity index (χ0) is 28.6. The van der Waals surface area contributed by atoms with Crippen molar-refractivity contribution in [2.75, 3.05) is 0 Å². The molecule has 220 valence electrons. The molecule has 41 heavy (non-hydrogen) atoms. The van der Waals surface area contributed by atoms with E-state index >= 15 is 0 Å². The van der Waals surface area contributed by atoms with Gasteiger partial charge in [-0.25, -0.2) is 4.68 Å². The van der Waals surface area contributed by atoms with E-state index in [9.17, 15) is 17.8 Å². The molecule has 0 aliphatic rings. The summed E-state index contributed by atoms with van der Waals surface area (Å²) >= 11 is 0. The molecule has 0 amide bonds. The van der Waals surface area contributed by atoms with Gasteiger partial charge in [-0.1, -0.05) is 115 Å². The van der Waals surface area contributed by atoms with Crippen LogP contribution in [0.4, 0.5) is 0 Å². The van der Waals surface area contributed by atoms with Crippen LogP contribution in [0.25, 0.3) is 5.69 Å². The first-order valence-electron chi connectivity index (χ1n) is 15.0. The Morgan fingerprint density at radius 1 is 0.756 bits per heavy atom. The summed E-state index contributed by atoms with van der Waals surface area (Å²) in [5, 5.41) is 3.08. The summed E-state index contributed by atoms with van der Waals surface area (Å²) in [4.78, 5) is 12.2. The number of H-pyrrole nitrogens is 1. The molecule has 0 bridgehead atoms. The average molecular weight is 578 g/mol. The minimum Gasteiger partial charge on any atom is -0.456 e. The number of nitrogens with zero attached hydrogens (tertiary/aromatic N) is 1. The Hall–Kier alpha value is -2.24. The average Bonchev–Trinajstić information content (AvgIpc) is 3.31. The van der Waals surface area contributed by atoms with Gasteiger partial charge in [0, 0.05) is 11.8 Å². The number of ether oxygens (including phenoxy) is 1. The van der Waals surface area contributed by atoms with E-state index < -0.39 is 15.0 Å². The summed E-state index contributed by atoms with van der Waals surface area (Å²) in [5.41, 5.74) is 0.826. The smallest absolute Gasteiger partial charge is 0.456 e. The zero-order valence-corrected chi connectivity index (χ0v) is 25.8. The second-order valence-electron chi connectivity index (χ2n) is 10.7. The van der Waals surface area contributed by atoms with Gasteiger partial charge in [-0.3, -0.25) is 14.4 Å². The second-order valence-corrected chi connectivity index (χ2v) is 12.1. The van der Waals surface area contributed by atoms with Gasteiger partial charge in [0.25, 0.3) is 15.7 Å². The number of para-hydroxylation sites is 1. The van der Waals surface area contributed by atoms with Gasteiger partial charge in [0.05, 0.1) is 5.69 Å². The van der Waals surface area contributed by atoms with Crippen molar-refractivity contribution in [2.45, 2.75) is 115 Å². The minimum absolute atomic E-state index is 0. The van der Waals surface area contributed by atoms with Gasteiger partial charge >= 0.3 is 18.9 Å². The van der Waals surface area contributed by atoms with Gasteiger partial charge < -0.3 is 4.74 Å². The SMILES string of the molecule is CCCCCCCCCCCCCCCCCc1cc(=O)n(-c2ccc(Oc3ccccc3)c(S(=O)(=O)O)c2)[nH]1.[Li+]. The first-order valence-corrected chi connectivity index (χ1v) is 16.5. The van der Waals surface area contributed by atoms with E-state index in [4.69, 9.17) is 4.74 Å². The molecular weight excluding hydrogens is 531 g/mol. The van der Waals surface area contributed by atoms with E-state index in [0.29, 0.717) is 11.4 Å². The van der Waals surface area contributed by atoms with E-state index in [1.807, 2.05) is 6.07 Å². The van der Waals surface area contributed by atoms with Gasteiger partial charge in [-0.2, -0.15) is 8.42 Å². The molecule has 2 N–H and O–H groups in total. The van der Waals surface area contributed by atoms with Crippen LogP contribution in [-0.4, -0.2) is 22.8 Å². The third kappa shape index (κ3) is 12.7. The molecule has 3 rings (SSSR count). The standard InChI is InChI=1S/C32H46N2O5S.Li/c1-2-3-4-5-6-7-8-9-10-11-12-13-14-15-17-20-27-25-32(35)34(33-27)28-23-24-30(31(26-28)40(36,37)38)39-29-21-18-16-19-22-29;/h16,18-19,21-26,33H,2-15,17,20H2,1H3,(H,36,37,38);/q;+1. The van der Waals surface area contributed by atoms with Crippen molar-refractivity contribution in [1.29, 1.82) is 0 Å². The third-order valence-corrected chi connectivity index (χ3v) is 8.13. The third-order valence-electron chi connectivity index (χ3n) is 7.26. The molecular formula is C32H46LiN2O5S+. The van der Waals surface area contributed by atoms with Crippen LogP contribution in [0.15, 0.2) is 64.3 Å². The molecule has 0 spiro atoms. The first kappa shape index (κ1) is 35.0. The molecule has 0 atom stereocenters. The molecule has 0 aliphatic heterocycles. The van der Waals surface area contributed by atoms with Crippen LogP contribution >= 0.6 is 0 Å². The number of unbranched alkanes of at least 4 members (excludes halogenated alkanes) is 14. The molecule has 0 saturated heterocycles. The molecule has 0 aliphatic carbocycles. The predicted molar refractivity (Wildman–Crippen MR) is 161 cm³/mol. The Labute approximate surface area is 258 Å². The monoisotopic (exact) mass is 577 g/mol. The molecule has 3 aromatic rings. The predicted octanol–water partition coefficient (Wildman–Crippen LogP) is 5.62. The summed E-state index contributed by atoms with van der Waals surface area (Å²) in [5.74, 6) is 0.415. The summed E-state index contributed by atoms with van der Waals surface area (Å²) < 4.78 is 40.9. The fraction of sp³-hybridized carbons (Fsp3) is 0.531. The van der Waals surface area contributed by atoms with Crippen LogP contribution in [0.2, 0.25) is 0 Å². The Balaban J connectivity index is 0.00000588. The van der Waals surface area contributed by atoms with Crippen molar-refractivity contribution in [3.8, 4) is 17.2 Å². The van der Waals surface area contributed by atoms with E-state index in [-0.39, 0.29) is 30.2 Å². The Bertz CT molecular complexity index is 1310. The van der Waals surface area contributed by atoms with Crippen LogP contribution < -0.4 is 29.2 Å². The van der Waals surface area contributed by atoms with Gasteiger partial charge in [-0.05, 0) is 43.2 Å². The molecule has 7 nitrogen and oxygen atoms in total. The number of aromatic amines is 1. The molecule has 1 aromatic heterocycles. The number of hydrogen-bond acceptors (Lipinski definition) is 4. The molecule has 9 heteroatoms. The summed E-state index contributed by atoms with van der Waals surface area (Å²) in [6.45, 7) is 2.26. The van der Waals surface area contributed by atoms with Crippen molar-refractivity contribution in [3.05, 3.63) is 70.6 Å². The summed E-state index contributed by atoms with van der Waals surface area (Å²) in [6.07, 6.45) is 20.3. The molecule has 0 radical (unpaired) electrons. The van der Waals surface area contributed by atoms with Crippen LogP contribution in [0, 0.1) is 0 Å². The summed E-state index contributed by atoms with van der Waals surface area (Å²) in [6, 6.07) is 14.5. The molecule has 0 saturated carbocycles. The van der Waals surface area contributed by atoms with Gasteiger partial charge in [0.1, 0.15) is 16.4 Å². The van der Waals surface area contributed by atoms with Gasteiger partial charge in [0.15, 0.2) is 0 Å². The first-order chi connectivity index (χ1) is 19.4. The number of aromatic nitrogens is 2. The van der Waals surface area contributed by atoms with E-state index in [0.717, 1.165) is 25.0 Å². The Morgan fingerprint density at radius 2 is 1.29 bits per heavy atom. The number of nitrogens with one attached hydrogen (secondary N) is 1. The van der Waals surface area contributed by atoms with Crippen LogP contribution in [-0.2, 0) is 16.5 Å². The second kappa shape index (κ2) is 19.0. The number of benzene rings is 2. The largest absolute Gasteiger partial charge is 1.00 e. The van der Waals surface area contributed by atoms with E-state index in [2.05, 4.69) is 12.0 Å². The van der Waals surface area contributed by atoms with Crippen molar-refractivity contribution in [2.24, 2.45) is 0 Å². The van der Waals surface area contributed by atoms with Crippen LogP contribution in [0.5, 0.6) is 11.5 Å².